The number of aliphatic carboxylic acids is 1. The first-order valence-electron chi connectivity index (χ1n) is 6.31. The summed E-state index contributed by atoms with van der Waals surface area (Å²) in [7, 11) is 1.56. The molecule has 0 saturated carbocycles. The van der Waals surface area contributed by atoms with Gasteiger partial charge in [0, 0.05) is 39.7 Å². The van der Waals surface area contributed by atoms with Crippen LogP contribution >= 0.6 is 0 Å². The van der Waals surface area contributed by atoms with E-state index in [4.69, 9.17) is 9.84 Å². The van der Waals surface area contributed by atoms with Crippen LogP contribution in [0.1, 0.15) is 6.42 Å². The van der Waals surface area contributed by atoms with Crippen molar-refractivity contribution in [2.75, 3.05) is 39.9 Å². The highest BCUT2D eigenvalue weighted by molar-refractivity contribution is 5.90. The zero-order valence-electron chi connectivity index (χ0n) is 10.9. The molecule has 0 aromatic heterocycles. The lowest BCUT2D eigenvalue weighted by atomic mass is 9.97. The summed E-state index contributed by atoms with van der Waals surface area (Å²) in [5.74, 6) is -1.80. The third-order valence-electron chi connectivity index (χ3n) is 3.67. The summed E-state index contributed by atoms with van der Waals surface area (Å²) >= 11 is 0. The number of hydrogen-bond donors (Lipinski definition) is 1. The molecule has 0 spiro atoms. The lowest BCUT2D eigenvalue weighted by molar-refractivity contribution is -0.154. The van der Waals surface area contributed by atoms with Crippen LogP contribution in [0.3, 0.4) is 0 Å². The Labute approximate surface area is 111 Å². The van der Waals surface area contributed by atoms with Gasteiger partial charge in [-0.05, 0) is 0 Å². The van der Waals surface area contributed by atoms with Crippen LogP contribution < -0.4 is 0 Å². The highest BCUT2D eigenvalue weighted by atomic mass is 16.5. The molecule has 1 N–H and O–H groups in total. The fraction of sp³-hybridized carbons (Fsp3) is 0.750. The number of carboxylic acid groups (broad SMARTS) is 1. The summed E-state index contributed by atoms with van der Waals surface area (Å²) in [5, 5.41) is 8.77. The minimum atomic E-state index is -0.867. The topological polar surface area (TPSA) is 87.2 Å². The molecule has 0 aliphatic carbocycles. The molecule has 7 heteroatoms. The molecule has 2 aliphatic rings. The monoisotopic (exact) mass is 270 g/mol. The van der Waals surface area contributed by atoms with E-state index >= 15 is 0 Å². The third-order valence-corrected chi connectivity index (χ3v) is 3.67. The van der Waals surface area contributed by atoms with Crippen molar-refractivity contribution in [3.63, 3.8) is 0 Å². The van der Waals surface area contributed by atoms with Crippen LogP contribution in [-0.4, -0.2) is 72.6 Å². The molecule has 2 amide bonds. The Balaban J connectivity index is 1.82. The standard InChI is InChI=1S/C12H18N2O5/c1-19-3-2-13-5-8(4-10(13)15)11(16)14-6-9(7-14)12(17)18/h8-9H,2-7H2,1H3,(H,17,18). The Morgan fingerprint density at radius 2 is 2.00 bits per heavy atom. The van der Waals surface area contributed by atoms with Crippen molar-refractivity contribution in [2.45, 2.75) is 6.42 Å². The molecule has 0 bridgehead atoms. The fourth-order valence-electron chi connectivity index (χ4n) is 2.43. The summed E-state index contributed by atoms with van der Waals surface area (Å²) in [6, 6.07) is 0. The first-order chi connectivity index (χ1) is 9.02. The maximum absolute atomic E-state index is 12.1. The minimum Gasteiger partial charge on any atom is -0.481 e. The second-order valence-electron chi connectivity index (χ2n) is 5.01. The molecule has 7 nitrogen and oxygen atoms in total. The molecule has 1 atom stereocenters. The van der Waals surface area contributed by atoms with Crippen molar-refractivity contribution in [3.8, 4) is 0 Å². The first-order valence-corrected chi connectivity index (χ1v) is 6.31. The number of hydrogen-bond acceptors (Lipinski definition) is 4. The molecule has 0 aromatic carbocycles. The number of likely N-dealkylation sites (tertiary alicyclic amines) is 2. The van der Waals surface area contributed by atoms with Crippen molar-refractivity contribution in [1.82, 2.24) is 9.80 Å². The number of methoxy groups -OCH3 is 1. The molecule has 2 saturated heterocycles. The second-order valence-corrected chi connectivity index (χ2v) is 5.01. The van der Waals surface area contributed by atoms with Crippen LogP contribution in [0.2, 0.25) is 0 Å². The highest BCUT2D eigenvalue weighted by Crippen LogP contribution is 2.24. The van der Waals surface area contributed by atoms with E-state index in [0.29, 0.717) is 19.7 Å². The van der Waals surface area contributed by atoms with Crippen LogP contribution in [0.25, 0.3) is 0 Å². The van der Waals surface area contributed by atoms with Crippen LogP contribution in [0.4, 0.5) is 0 Å². The largest absolute Gasteiger partial charge is 0.481 e. The Morgan fingerprint density at radius 3 is 2.58 bits per heavy atom. The van der Waals surface area contributed by atoms with E-state index in [1.807, 2.05) is 0 Å². The fourth-order valence-corrected chi connectivity index (χ4v) is 2.43. The Morgan fingerprint density at radius 1 is 1.32 bits per heavy atom. The summed E-state index contributed by atoms with van der Waals surface area (Å²) in [4.78, 5) is 37.6. The van der Waals surface area contributed by atoms with E-state index in [0.717, 1.165) is 0 Å². The van der Waals surface area contributed by atoms with Gasteiger partial charge in [0.1, 0.15) is 0 Å². The zero-order chi connectivity index (χ0) is 14.0. The molecule has 19 heavy (non-hydrogen) atoms. The predicted molar refractivity (Wildman–Crippen MR) is 64.3 cm³/mol. The number of carbonyl (C=O) groups excluding carboxylic acids is 2. The average molecular weight is 270 g/mol. The van der Waals surface area contributed by atoms with Crippen LogP contribution in [0, 0.1) is 11.8 Å². The zero-order valence-corrected chi connectivity index (χ0v) is 10.9. The van der Waals surface area contributed by atoms with Gasteiger partial charge in [0.05, 0.1) is 18.4 Å². The second kappa shape index (κ2) is 5.56. The normalized spacial score (nSPS) is 23.6. The quantitative estimate of drug-likeness (QED) is 0.694. The van der Waals surface area contributed by atoms with Gasteiger partial charge in [0.25, 0.3) is 0 Å². The number of ether oxygens (including phenoxy) is 1. The van der Waals surface area contributed by atoms with Gasteiger partial charge in [-0.3, -0.25) is 14.4 Å². The van der Waals surface area contributed by atoms with Crippen molar-refractivity contribution in [1.29, 1.82) is 0 Å². The average Bonchev–Trinajstić information content (AvgIpc) is 2.65. The molecule has 106 valence electrons. The minimum absolute atomic E-state index is 0.0364. The lowest BCUT2D eigenvalue weighted by Crippen LogP contribution is -2.55. The summed E-state index contributed by atoms with van der Waals surface area (Å²) in [6.45, 7) is 1.89. The van der Waals surface area contributed by atoms with Gasteiger partial charge < -0.3 is 19.6 Å². The van der Waals surface area contributed by atoms with Crippen LogP contribution in [0.5, 0.6) is 0 Å². The van der Waals surface area contributed by atoms with E-state index in [9.17, 15) is 14.4 Å². The van der Waals surface area contributed by atoms with Gasteiger partial charge in [-0.15, -0.1) is 0 Å². The number of rotatable bonds is 5. The van der Waals surface area contributed by atoms with Crippen LogP contribution in [-0.2, 0) is 19.1 Å². The van der Waals surface area contributed by atoms with Gasteiger partial charge in [-0.2, -0.15) is 0 Å². The number of carboxylic acids is 1. The maximum atomic E-state index is 12.1. The third kappa shape index (κ3) is 2.86. The van der Waals surface area contributed by atoms with Gasteiger partial charge in [0.2, 0.25) is 11.8 Å². The molecule has 0 aromatic rings. The van der Waals surface area contributed by atoms with Crippen LogP contribution in [0.15, 0.2) is 0 Å². The number of carbonyl (C=O) groups is 3. The Kier molecular flexibility index (Phi) is 4.04. The van der Waals surface area contributed by atoms with E-state index < -0.39 is 11.9 Å². The molecule has 1 unspecified atom stereocenters. The molecule has 2 fully saturated rings. The Hall–Kier alpha value is -1.63. The van der Waals surface area contributed by atoms with Crippen molar-refractivity contribution in [2.24, 2.45) is 11.8 Å². The van der Waals surface area contributed by atoms with Crippen molar-refractivity contribution in [3.05, 3.63) is 0 Å². The number of nitrogens with zero attached hydrogens (tertiary/aromatic N) is 2. The van der Waals surface area contributed by atoms with Crippen molar-refractivity contribution >= 4 is 17.8 Å². The number of amides is 2. The molecule has 0 radical (unpaired) electrons. The Bertz CT molecular complexity index is 392. The molecular formula is C12H18N2O5. The van der Waals surface area contributed by atoms with Gasteiger partial charge in [0.15, 0.2) is 0 Å². The smallest absolute Gasteiger partial charge is 0.310 e. The van der Waals surface area contributed by atoms with E-state index in [1.165, 1.54) is 4.90 Å². The summed E-state index contributed by atoms with van der Waals surface area (Å²) in [5.41, 5.74) is 0. The summed E-state index contributed by atoms with van der Waals surface area (Å²) in [6.07, 6.45) is 0.219. The SMILES string of the molecule is COCCN1CC(C(=O)N2CC(C(=O)O)C2)CC1=O. The first kappa shape index (κ1) is 13.8. The van der Waals surface area contributed by atoms with Gasteiger partial charge >= 0.3 is 5.97 Å². The predicted octanol–water partition coefficient (Wildman–Crippen LogP) is -0.976. The van der Waals surface area contributed by atoms with Crippen molar-refractivity contribution < 1.29 is 24.2 Å². The van der Waals surface area contributed by atoms with E-state index in [-0.39, 0.29) is 37.2 Å². The molecule has 2 heterocycles. The van der Waals surface area contributed by atoms with E-state index in [1.54, 1.807) is 12.0 Å². The van der Waals surface area contributed by atoms with Gasteiger partial charge in [-0.25, -0.2) is 0 Å². The highest BCUT2D eigenvalue weighted by Gasteiger charge is 2.42. The van der Waals surface area contributed by atoms with Gasteiger partial charge in [-0.1, -0.05) is 0 Å². The maximum Gasteiger partial charge on any atom is 0.310 e. The summed E-state index contributed by atoms with van der Waals surface area (Å²) < 4.78 is 4.91. The lowest BCUT2D eigenvalue weighted by Gasteiger charge is -2.38. The molecule has 2 aliphatic heterocycles. The van der Waals surface area contributed by atoms with E-state index in [2.05, 4.69) is 0 Å². The molecule has 2 rings (SSSR count). The molecular weight excluding hydrogens is 252 g/mol.